The predicted octanol–water partition coefficient (Wildman–Crippen LogP) is 2.16. The first-order chi connectivity index (χ1) is 10.5. The van der Waals surface area contributed by atoms with Gasteiger partial charge in [0.15, 0.2) is 5.78 Å². The van der Waals surface area contributed by atoms with Gasteiger partial charge in [0, 0.05) is 23.5 Å². The van der Waals surface area contributed by atoms with Crippen molar-refractivity contribution in [1.29, 1.82) is 0 Å². The van der Waals surface area contributed by atoms with Gasteiger partial charge in [-0.1, -0.05) is 12.1 Å². The number of ketones is 1. The first-order valence-electron chi connectivity index (χ1n) is 7.21. The number of nitrogens with zero attached hydrogens (tertiary/aromatic N) is 1. The van der Waals surface area contributed by atoms with Gasteiger partial charge >= 0.3 is 5.97 Å². The first kappa shape index (κ1) is 17.0. The fraction of sp³-hybridized carbons (Fsp3) is 0.500. The van der Waals surface area contributed by atoms with Crippen molar-refractivity contribution >= 4 is 23.5 Å². The molecule has 0 saturated carbocycles. The van der Waals surface area contributed by atoms with Crippen LogP contribution in [0.25, 0.3) is 0 Å². The first-order valence-corrected chi connectivity index (χ1v) is 8.43. The summed E-state index contributed by atoms with van der Waals surface area (Å²) in [5, 5.41) is 9.24. The van der Waals surface area contributed by atoms with Crippen molar-refractivity contribution in [2.75, 3.05) is 32.6 Å². The molecular formula is C16H21NO4S. The number of Topliss-reactive ketones (excluding diaryl/α,β-unsaturated/α-hetero) is 1. The van der Waals surface area contributed by atoms with E-state index in [1.807, 2.05) is 23.3 Å². The van der Waals surface area contributed by atoms with E-state index < -0.39 is 11.5 Å². The number of carboxylic acid groups (broad SMARTS) is 1. The smallest absolute Gasteiger partial charge is 0.305 e. The zero-order valence-electron chi connectivity index (χ0n) is 12.9. The van der Waals surface area contributed by atoms with Gasteiger partial charge in [-0.3, -0.25) is 14.5 Å². The van der Waals surface area contributed by atoms with E-state index in [0.717, 1.165) is 4.90 Å². The SMILES string of the molecule is CSc1ccc(C(=O)C(C)(CC(=O)O)N2CCOCC2)cc1. The lowest BCUT2D eigenvalue weighted by Crippen LogP contribution is -2.57. The molecule has 1 aromatic carbocycles. The van der Waals surface area contributed by atoms with E-state index in [9.17, 15) is 14.7 Å². The number of ether oxygens (including phenoxy) is 1. The van der Waals surface area contributed by atoms with Crippen LogP contribution in [0.15, 0.2) is 29.2 Å². The Bertz CT molecular complexity index is 540. The Morgan fingerprint density at radius 2 is 1.86 bits per heavy atom. The van der Waals surface area contributed by atoms with Crippen LogP contribution in [0.3, 0.4) is 0 Å². The molecule has 0 spiro atoms. The van der Waals surface area contributed by atoms with E-state index in [2.05, 4.69) is 0 Å². The van der Waals surface area contributed by atoms with Crippen molar-refractivity contribution in [1.82, 2.24) is 4.90 Å². The molecule has 0 aliphatic carbocycles. The highest BCUT2D eigenvalue weighted by Gasteiger charge is 2.42. The van der Waals surface area contributed by atoms with Crippen LogP contribution in [-0.4, -0.2) is 59.9 Å². The molecule has 5 nitrogen and oxygen atoms in total. The molecule has 120 valence electrons. The number of carbonyl (C=O) groups excluding carboxylic acids is 1. The summed E-state index contributed by atoms with van der Waals surface area (Å²) in [7, 11) is 0. The molecule has 1 aliphatic rings. The van der Waals surface area contributed by atoms with Gasteiger partial charge in [0.25, 0.3) is 0 Å². The lowest BCUT2D eigenvalue weighted by Gasteiger charge is -2.41. The minimum Gasteiger partial charge on any atom is -0.481 e. The molecule has 1 fully saturated rings. The summed E-state index contributed by atoms with van der Waals surface area (Å²) in [6.07, 6.45) is 1.76. The van der Waals surface area contributed by atoms with Gasteiger partial charge in [-0.05, 0) is 25.3 Å². The van der Waals surface area contributed by atoms with E-state index >= 15 is 0 Å². The molecule has 0 aromatic heterocycles. The maximum Gasteiger partial charge on any atom is 0.305 e. The summed E-state index contributed by atoms with van der Waals surface area (Å²) in [5.74, 6) is -1.12. The van der Waals surface area contributed by atoms with Crippen LogP contribution in [0, 0.1) is 0 Å². The molecule has 22 heavy (non-hydrogen) atoms. The molecule has 1 N–H and O–H groups in total. The number of aliphatic carboxylic acids is 1. The highest BCUT2D eigenvalue weighted by molar-refractivity contribution is 7.98. The fourth-order valence-corrected chi connectivity index (χ4v) is 3.15. The van der Waals surface area contributed by atoms with Crippen molar-refractivity contribution in [3.8, 4) is 0 Å². The minimum atomic E-state index is -1.05. The molecule has 1 atom stereocenters. The zero-order valence-corrected chi connectivity index (χ0v) is 13.7. The number of carboxylic acids is 1. The Morgan fingerprint density at radius 3 is 2.36 bits per heavy atom. The summed E-state index contributed by atoms with van der Waals surface area (Å²) in [6.45, 7) is 3.90. The van der Waals surface area contributed by atoms with Gasteiger partial charge in [0.05, 0.1) is 25.2 Å². The number of hydrogen-bond acceptors (Lipinski definition) is 5. The van der Waals surface area contributed by atoms with Crippen LogP contribution in [0.4, 0.5) is 0 Å². The summed E-state index contributed by atoms with van der Waals surface area (Å²) in [4.78, 5) is 27.2. The molecule has 1 aromatic rings. The Balaban J connectivity index is 2.29. The third kappa shape index (κ3) is 3.69. The van der Waals surface area contributed by atoms with Crippen molar-refractivity contribution in [2.45, 2.75) is 23.8 Å². The van der Waals surface area contributed by atoms with E-state index in [1.54, 1.807) is 30.8 Å². The lowest BCUT2D eigenvalue weighted by atomic mass is 9.85. The maximum atomic E-state index is 12.9. The molecule has 0 amide bonds. The van der Waals surface area contributed by atoms with E-state index in [-0.39, 0.29) is 12.2 Å². The normalized spacial score (nSPS) is 18.6. The second-order valence-electron chi connectivity index (χ2n) is 5.50. The fourth-order valence-electron chi connectivity index (χ4n) is 2.74. The molecule has 2 rings (SSSR count). The number of rotatable bonds is 6. The highest BCUT2D eigenvalue weighted by Crippen LogP contribution is 2.27. The molecule has 6 heteroatoms. The molecule has 1 saturated heterocycles. The molecule has 1 unspecified atom stereocenters. The van der Waals surface area contributed by atoms with Crippen LogP contribution in [0.1, 0.15) is 23.7 Å². The van der Waals surface area contributed by atoms with Crippen molar-refractivity contribution in [2.24, 2.45) is 0 Å². The van der Waals surface area contributed by atoms with Crippen molar-refractivity contribution in [3.05, 3.63) is 29.8 Å². The monoisotopic (exact) mass is 323 g/mol. The summed E-state index contributed by atoms with van der Waals surface area (Å²) in [6, 6.07) is 7.32. The zero-order chi connectivity index (χ0) is 16.2. The average molecular weight is 323 g/mol. The predicted molar refractivity (Wildman–Crippen MR) is 85.6 cm³/mol. The number of hydrogen-bond donors (Lipinski definition) is 1. The third-order valence-corrected chi connectivity index (χ3v) is 4.79. The molecule has 0 radical (unpaired) electrons. The van der Waals surface area contributed by atoms with E-state index in [1.165, 1.54) is 0 Å². The number of morpholine rings is 1. The van der Waals surface area contributed by atoms with E-state index in [4.69, 9.17) is 4.74 Å². The van der Waals surface area contributed by atoms with Gasteiger partial charge in [-0.25, -0.2) is 0 Å². The summed E-state index contributed by atoms with van der Waals surface area (Å²) in [5.41, 5.74) is -0.496. The van der Waals surface area contributed by atoms with Crippen molar-refractivity contribution in [3.63, 3.8) is 0 Å². The van der Waals surface area contributed by atoms with Gasteiger partial charge in [0.2, 0.25) is 0 Å². The van der Waals surface area contributed by atoms with Crippen molar-refractivity contribution < 1.29 is 19.4 Å². The maximum absolute atomic E-state index is 12.9. The van der Waals surface area contributed by atoms with Gasteiger partial charge < -0.3 is 9.84 Å². The third-order valence-electron chi connectivity index (χ3n) is 4.05. The second-order valence-corrected chi connectivity index (χ2v) is 6.38. The largest absolute Gasteiger partial charge is 0.481 e. The lowest BCUT2D eigenvalue weighted by molar-refractivity contribution is -0.140. The summed E-state index contributed by atoms with van der Waals surface area (Å²) < 4.78 is 5.31. The Kier molecular flexibility index (Phi) is 5.61. The van der Waals surface area contributed by atoms with Crippen LogP contribution < -0.4 is 0 Å². The Hall–Kier alpha value is -1.37. The number of carbonyl (C=O) groups is 2. The molecular weight excluding hydrogens is 302 g/mol. The second kappa shape index (κ2) is 7.26. The number of benzene rings is 1. The molecule has 0 bridgehead atoms. The summed E-state index contributed by atoms with van der Waals surface area (Å²) >= 11 is 1.60. The topological polar surface area (TPSA) is 66.8 Å². The minimum absolute atomic E-state index is 0.149. The van der Waals surface area contributed by atoms with Gasteiger partial charge in [-0.15, -0.1) is 11.8 Å². The number of thioether (sulfide) groups is 1. The van der Waals surface area contributed by atoms with Crippen LogP contribution in [0.5, 0.6) is 0 Å². The standard InChI is InChI=1S/C16H21NO4S/c1-16(11-14(18)19,17-7-9-21-10-8-17)15(20)12-3-5-13(22-2)6-4-12/h3-6H,7-11H2,1-2H3,(H,18,19). The molecule has 1 heterocycles. The van der Waals surface area contributed by atoms with Gasteiger partial charge in [-0.2, -0.15) is 0 Å². The van der Waals surface area contributed by atoms with Crippen LogP contribution in [-0.2, 0) is 9.53 Å². The highest BCUT2D eigenvalue weighted by atomic mass is 32.2. The Morgan fingerprint density at radius 1 is 1.27 bits per heavy atom. The Labute approximate surface area is 134 Å². The van der Waals surface area contributed by atoms with Crippen LogP contribution >= 0.6 is 11.8 Å². The quantitative estimate of drug-likeness (QED) is 0.639. The molecule has 1 aliphatic heterocycles. The van der Waals surface area contributed by atoms with Crippen LogP contribution in [0.2, 0.25) is 0 Å². The van der Waals surface area contributed by atoms with Gasteiger partial charge in [0.1, 0.15) is 0 Å². The van der Waals surface area contributed by atoms with E-state index in [0.29, 0.717) is 31.9 Å². The average Bonchev–Trinajstić information content (AvgIpc) is 2.54.